The molecular weight excluding hydrogens is 432 g/mol. The molecule has 1 N–H and O–H groups in total. The molecule has 1 fully saturated rings. The van der Waals surface area contributed by atoms with Gasteiger partial charge in [-0.1, -0.05) is 12.7 Å². The van der Waals surface area contributed by atoms with Gasteiger partial charge in [-0.15, -0.1) is 0 Å². The molecule has 2 rings (SSSR count). The molecule has 0 aromatic rings. The summed E-state index contributed by atoms with van der Waals surface area (Å²) in [6.45, 7) is 9.26. The van der Waals surface area contributed by atoms with Crippen molar-refractivity contribution in [2.45, 2.75) is 58.8 Å². The van der Waals surface area contributed by atoms with Gasteiger partial charge in [-0.2, -0.15) is 0 Å². The Morgan fingerprint density at radius 1 is 1.21 bits per heavy atom. The monoisotopic (exact) mass is 462 g/mol. The van der Waals surface area contributed by atoms with Crippen molar-refractivity contribution in [3.8, 4) is 0 Å². The van der Waals surface area contributed by atoms with E-state index in [2.05, 4.69) is 6.58 Å². The first-order valence-electron chi connectivity index (χ1n) is 10.6. The lowest BCUT2D eigenvalue weighted by Gasteiger charge is -2.29. The molecule has 0 aromatic heterocycles. The van der Waals surface area contributed by atoms with Crippen LogP contribution in [0.3, 0.4) is 0 Å². The Balaban J connectivity index is 2.50. The fourth-order valence-electron chi connectivity index (χ4n) is 3.69. The molecule has 33 heavy (non-hydrogen) atoms. The van der Waals surface area contributed by atoms with E-state index >= 15 is 0 Å². The molecule has 180 valence electrons. The van der Waals surface area contributed by atoms with E-state index in [0.29, 0.717) is 11.1 Å². The van der Waals surface area contributed by atoms with E-state index in [4.69, 9.17) is 24.1 Å². The number of hydrogen-bond donors (Lipinski definition) is 1. The molecule has 4 atom stereocenters. The molecule has 0 amide bonds. The Bertz CT molecular complexity index is 909. The summed E-state index contributed by atoms with van der Waals surface area (Å²) in [5.41, 5.74) is 1.61. The minimum absolute atomic E-state index is 0.0664. The molecule has 0 unspecified atom stereocenters. The zero-order valence-corrected chi connectivity index (χ0v) is 19.3. The van der Waals surface area contributed by atoms with Crippen molar-refractivity contribution in [3.05, 3.63) is 47.1 Å². The molecule has 1 aliphatic heterocycles. The van der Waals surface area contributed by atoms with E-state index in [-0.39, 0.29) is 37.2 Å². The van der Waals surface area contributed by atoms with Crippen LogP contribution in [0.25, 0.3) is 0 Å². The van der Waals surface area contributed by atoms with Gasteiger partial charge in [0.15, 0.2) is 0 Å². The normalized spacial score (nSPS) is 28.9. The van der Waals surface area contributed by atoms with E-state index in [0.717, 1.165) is 0 Å². The topological polar surface area (TPSA) is 125 Å². The van der Waals surface area contributed by atoms with Crippen LogP contribution >= 0.6 is 0 Å². The van der Waals surface area contributed by atoms with Gasteiger partial charge in [0.2, 0.25) is 0 Å². The number of rotatable bonds is 6. The number of hydrogen-bond acceptors (Lipinski definition) is 9. The van der Waals surface area contributed by atoms with Crippen LogP contribution in [0.5, 0.6) is 0 Å². The highest BCUT2D eigenvalue weighted by atomic mass is 16.6. The van der Waals surface area contributed by atoms with Crippen molar-refractivity contribution >= 4 is 23.9 Å². The fraction of sp³-hybridized carbons (Fsp3) is 0.500. The van der Waals surface area contributed by atoms with Gasteiger partial charge in [-0.3, -0.25) is 9.59 Å². The maximum absolute atomic E-state index is 12.6. The largest absolute Gasteiger partial charge is 0.461 e. The van der Waals surface area contributed by atoms with Gasteiger partial charge in [-0.05, 0) is 37.1 Å². The SMILES string of the molecule is C=C1C(=O)O[C@@H]2/C=C(\C)[C@H](OC(C)=O)C/C=C(\COC(C)=O)C[C@@H](OC(=O)/C(C)=C/CO)[C@@H]12. The minimum atomic E-state index is -0.861. The van der Waals surface area contributed by atoms with Crippen molar-refractivity contribution in [3.63, 3.8) is 0 Å². The summed E-state index contributed by atoms with van der Waals surface area (Å²) < 4.78 is 21.8. The summed E-state index contributed by atoms with van der Waals surface area (Å²) in [5.74, 6) is -2.95. The molecule has 2 aliphatic rings. The molecule has 1 aliphatic carbocycles. The highest BCUT2D eigenvalue weighted by Gasteiger charge is 2.45. The van der Waals surface area contributed by atoms with Crippen molar-refractivity contribution in [1.29, 1.82) is 0 Å². The van der Waals surface area contributed by atoms with E-state index in [1.807, 2.05) is 0 Å². The second-order valence-corrected chi connectivity index (χ2v) is 8.03. The van der Waals surface area contributed by atoms with Crippen LogP contribution in [0, 0.1) is 5.92 Å². The summed E-state index contributed by atoms with van der Waals surface area (Å²) in [4.78, 5) is 48.0. The van der Waals surface area contributed by atoms with Gasteiger partial charge in [0.05, 0.1) is 12.5 Å². The summed E-state index contributed by atoms with van der Waals surface area (Å²) >= 11 is 0. The average molecular weight is 462 g/mol. The van der Waals surface area contributed by atoms with Crippen molar-refractivity contribution in [1.82, 2.24) is 0 Å². The standard InChI is InChI=1S/C24H30O9/c1-13(8-9-25)23(28)32-21-11-18(12-30-16(4)26)6-7-19(31-17(5)27)14(2)10-20-22(21)15(3)24(29)33-20/h6,8,10,19-22,25H,3,7,9,11-12H2,1-2,4-5H3/b13-8+,14-10+,18-6-/t19-,20-,21-,22+/m1/s1. The van der Waals surface area contributed by atoms with Crippen molar-refractivity contribution in [2.24, 2.45) is 5.92 Å². The van der Waals surface area contributed by atoms with Crippen LogP contribution in [-0.4, -0.2) is 60.5 Å². The Kier molecular flexibility index (Phi) is 9.16. The lowest BCUT2D eigenvalue weighted by atomic mass is 9.85. The highest BCUT2D eigenvalue weighted by Crippen LogP contribution is 2.37. The number of aliphatic hydroxyl groups excluding tert-OH is 1. The summed E-state index contributed by atoms with van der Waals surface area (Å²) in [6, 6.07) is 0. The van der Waals surface area contributed by atoms with Gasteiger partial charge in [0.25, 0.3) is 0 Å². The van der Waals surface area contributed by atoms with Crippen LogP contribution < -0.4 is 0 Å². The zero-order valence-electron chi connectivity index (χ0n) is 19.3. The predicted octanol–water partition coefficient (Wildman–Crippen LogP) is 2.10. The first-order valence-corrected chi connectivity index (χ1v) is 10.6. The Labute approximate surface area is 192 Å². The lowest BCUT2D eigenvalue weighted by molar-refractivity contribution is -0.148. The molecule has 9 nitrogen and oxygen atoms in total. The van der Waals surface area contributed by atoms with E-state index in [1.165, 1.54) is 26.8 Å². The second-order valence-electron chi connectivity index (χ2n) is 8.03. The molecule has 9 heteroatoms. The number of fused-ring (bicyclic) bond motifs is 1. The van der Waals surface area contributed by atoms with Gasteiger partial charge >= 0.3 is 23.9 Å². The zero-order chi connectivity index (χ0) is 24.7. The Morgan fingerprint density at radius 3 is 2.52 bits per heavy atom. The van der Waals surface area contributed by atoms with E-state index in [9.17, 15) is 19.2 Å². The quantitative estimate of drug-likeness (QED) is 0.273. The van der Waals surface area contributed by atoms with Crippen LogP contribution in [0.4, 0.5) is 0 Å². The van der Waals surface area contributed by atoms with E-state index < -0.39 is 48.1 Å². The first kappa shape index (κ1) is 26.1. The summed E-state index contributed by atoms with van der Waals surface area (Å²) in [7, 11) is 0. The molecular formula is C24H30O9. The Hall–Kier alpha value is -3.20. The van der Waals surface area contributed by atoms with Crippen LogP contribution in [0.2, 0.25) is 0 Å². The smallest absolute Gasteiger partial charge is 0.334 e. The molecule has 0 bridgehead atoms. The second kappa shape index (κ2) is 11.6. The van der Waals surface area contributed by atoms with Gasteiger partial charge in [-0.25, -0.2) is 9.59 Å². The number of ether oxygens (including phenoxy) is 4. The molecule has 0 spiro atoms. The number of esters is 4. The Morgan fingerprint density at radius 2 is 1.91 bits per heavy atom. The van der Waals surface area contributed by atoms with Crippen molar-refractivity contribution < 1.29 is 43.2 Å². The summed E-state index contributed by atoms with van der Waals surface area (Å²) in [5, 5.41) is 9.09. The maximum atomic E-state index is 12.6. The van der Waals surface area contributed by atoms with Gasteiger partial charge in [0.1, 0.15) is 24.9 Å². The van der Waals surface area contributed by atoms with Gasteiger partial charge in [0, 0.05) is 37.8 Å². The van der Waals surface area contributed by atoms with Crippen LogP contribution in [0.1, 0.15) is 40.5 Å². The van der Waals surface area contributed by atoms with E-state index in [1.54, 1.807) is 19.1 Å². The number of aliphatic hydroxyl groups is 1. The number of carbonyl (C=O) groups excluding carboxylic acids is 4. The minimum Gasteiger partial charge on any atom is -0.461 e. The molecule has 0 aromatic carbocycles. The molecule has 0 radical (unpaired) electrons. The number of carbonyl (C=O) groups is 4. The fourth-order valence-corrected chi connectivity index (χ4v) is 3.69. The van der Waals surface area contributed by atoms with Crippen LogP contribution in [0.15, 0.2) is 47.1 Å². The third-order valence-electron chi connectivity index (χ3n) is 5.43. The first-order chi connectivity index (χ1) is 15.5. The van der Waals surface area contributed by atoms with Crippen LogP contribution in [-0.2, 0) is 38.1 Å². The highest BCUT2D eigenvalue weighted by molar-refractivity contribution is 5.92. The molecule has 0 saturated carbocycles. The summed E-state index contributed by atoms with van der Waals surface area (Å²) in [6.07, 6.45) is 2.90. The third-order valence-corrected chi connectivity index (χ3v) is 5.43. The maximum Gasteiger partial charge on any atom is 0.334 e. The third kappa shape index (κ3) is 7.15. The van der Waals surface area contributed by atoms with Gasteiger partial charge < -0.3 is 24.1 Å². The molecule has 1 heterocycles. The average Bonchev–Trinajstić information content (AvgIpc) is 3.00. The lowest BCUT2D eigenvalue weighted by Crippen LogP contribution is -2.35. The van der Waals surface area contributed by atoms with Crippen molar-refractivity contribution in [2.75, 3.05) is 13.2 Å². The molecule has 1 saturated heterocycles. The predicted molar refractivity (Wildman–Crippen MR) is 116 cm³/mol.